The number of hydrogen-bond donors (Lipinski definition) is 1. The molecule has 114 valence electrons. The molecule has 2 heterocycles. The van der Waals surface area contributed by atoms with E-state index in [9.17, 15) is 0 Å². The van der Waals surface area contributed by atoms with E-state index >= 15 is 0 Å². The summed E-state index contributed by atoms with van der Waals surface area (Å²) in [5, 5.41) is 4.62. The number of rotatable bonds is 6. The zero-order valence-electron chi connectivity index (χ0n) is 12.9. The maximum atomic E-state index is 5.06. The minimum atomic E-state index is 0.623. The summed E-state index contributed by atoms with van der Waals surface area (Å²) in [7, 11) is 1.73. The molecule has 0 spiro atoms. The van der Waals surface area contributed by atoms with E-state index in [0.717, 1.165) is 26.2 Å². The van der Waals surface area contributed by atoms with E-state index in [1.807, 2.05) is 11.3 Å². The van der Waals surface area contributed by atoms with Crippen molar-refractivity contribution in [3.8, 4) is 0 Å². The largest absolute Gasteiger partial charge is 0.383 e. The zero-order chi connectivity index (χ0) is 14.4. The molecule has 1 saturated heterocycles. The minimum absolute atomic E-state index is 0.623. The van der Waals surface area contributed by atoms with Crippen LogP contribution >= 0.6 is 11.3 Å². The number of methoxy groups -OCH3 is 1. The fourth-order valence-electron chi connectivity index (χ4n) is 2.63. The average molecular weight is 297 g/mol. The summed E-state index contributed by atoms with van der Waals surface area (Å²) < 4.78 is 5.06. The van der Waals surface area contributed by atoms with Crippen LogP contribution in [0.25, 0.3) is 0 Å². The Balaban J connectivity index is 1.98. The topological polar surface area (TPSA) is 37.4 Å². The van der Waals surface area contributed by atoms with Gasteiger partial charge in [-0.3, -0.25) is 0 Å². The lowest BCUT2D eigenvalue weighted by atomic mass is 10.1. The predicted octanol–water partition coefficient (Wildman–Crippen LogP) is 2.96. The van der Waals surface area contributed by atoms with Gasteiger partial charge in [0.05, 0.1) is 12.3 Å². The van der Waals surface area contributed by atoms with Crippen molar-refractivity contribution >= 4 is 16.5 Å². The van der Waals surface area contributed by atoms with Crippen molar-refractivity contribution in [2.24, 2.45) is 0 Å². The molecule has 1 aromatic rings. The van der Waals surface area contributed by atoms with Gasteiger partial charge in [-0.1, -0.05) is 12.8 Å². The molecule has 0 radical (unpaired) electrons. The van der Waals surface area contributed by atoms with Crippen LogP contribution in [0.15, 0.2) is 0 Å². The Bertz CT molecular complexity index is 408. The van der Waals surface area contributed by atoms with Gasteiger partial charge in [0.15, 0.2) is 5.13 Å². The van der Waals surface area contributed by atoms with Crippen LogP contribution in [-0.4, -0.2) is 37.8 Å². The second-order valence-electron chi connectivity index (χ2n) is 5.57. The molecule has 0 aromatic carbocycles. The smallest absolute Gasteiger partial charge is 0.186 e. The number of anilines is 1. The maximum Gasteiger partial charge on any atom is 0.186 e. The summed E-state index contributed by atoms with van der Waals surface area (Å²) >= 11 is 1.85. The van der Waals surface area contributed by atoms with Crippen molar-refractivity contribution in [1.82, 2.24) is 10.3 Å². The lowest BCUT2D eigenvalue weighted by Crippen LogP contribution is -2.32. The standard InChI is InChI=1S/C15H27N3OS/c1-12-7-5-4-6-9-18(12)15-17-13(2)14(20-15)11-16-8-10-19-3/h12,16H,4-11H2,1-3H3. The Morgan fingerprint density at radius 1 is 1.40 bits per heavy atom. The molecule has 0 bridgehead atoms. The van der Waals surface area contributed by atoms with Crippen molar-refractivity contribution in [3.05, 3.63) is 10.6 Å². The van der Waals surface area contributed by atoms with Gasteiger partial charge in [0.2, 0.25) is 0 Å². The Morgan fingerprint density at radius 2 is 2.25 bits per heavy atom. The Labute approximate surface area is 126 Å². The summed E-state index contributed by atoms with van der Waals surface area (Å²) in [5.74, 6) is 0. The summed E-state index contributed by atoms with van der Waals surface area (Å²) in [5.41, 5.74) is 1.17. The molecule has 20 heavy (non-hydrogen) atoms. The second-order valence-corrected chi connectivity index (χ2v) is 6.63. The molecule has 1 unspecified atom stereocenters. The molecule has 0 aliphatic carbocycles. The molecule has 1 aliphatic rings. The lowest BCUT2D eigenvalue weighted by Gasteiger charge is -2.26. The third kappa shape index (κ3) is 4.17. The molecule has 1 fully saturated rings. The van der Waals surface area contributed by atoms with E-state index in [0.29, 0.717) is 6.04 Å². The minimum Gasteiger partial charge on any atom is -0.383 e. The van der Waals surface area contributed by atoms with Crippen LogP contribution in [-0.2, 0) is 11.3 Å². The second kappa shape index (κ2) is 7.96. The van der Waals surface area contributed by atoms with E-state index in [4.69, 9.17) is 9.72 Å². The monoisotopic (exact) mass is 297 g/mol. The van der Waals surface area contributed by atoms with Gasteiger partial charge >= 0.3 is 0 Å². The number of hydrogen-bond acceptors (Lipinski definition) is 5. The van der Waals surface area contributed by atoms with Gasteiger partial charge in [-0.15, -0.1) is 11.3 Å². The average Bonchev–Trinajstić information content (AvgIpc) is 2.65. The number of nitrogens with one attached hydrogen (secondary N) is 1. The molecule has 0 amide bonds. The molecule has 1 atom stereocenters. The highest BCUT2D eigenvalue weighted by Gasteiger charge is 2.21. The first kappa shape index (κ1) is 15.7. The van der Waals surface area contributed by atoms with Crippen LogP contribution in [0.4, 0.5) is 5.13 Å². The third-order valence-electron chi connectivity index (χ3n) is 3.95. The fourth-order valence-corrected chi connectivity index (χ4v) is 3.79. The summed E-state index contributed by atoms with van der Waals surface area (Å²) in [6.45, 7) is 8.16. The summed E-state index contributed by atoms with van der Waals surface area (Å²) in [4.78, 5) is 8.66. The number of ether oxygens (including phenoxy) is 1. The van der Waals surface area contributed by atoms with E-state index in [2.05, 4.69) is 24.1 Å². The zero-order valence-corrected chi connectivity index (χ0v) is 13.8. The molecule has 2 rings (SSSR count). The van der Waals surface area contributed by atoms with Gasteiger partial charge in [-0.25, -0.2) is 4.98 Å². The maximum absolute atomic E-state index is 5.06. The predicted molar refractivity (Wildman–Crippen MR) is 85.7 cm³/mol. The van der Waals surface area contributed by atoms with Crippen molar-refractivity contribution in [1.29, 1.82) is 0 Å². The van der Waals surface area contributed by atoms with E-state index in [-0.39, 0.29) is 0 Å². The Kier molecular flexibility index (Phi) is 6.26. The van der Waals surface area contributed by atoms with Gasteiger partial charge in [0, 0.05) is 37.7 Å². The number of aromatic nitrogens is 1. The van der Waals surface area contributed by atoms with Crippen molar-refractivity contribution in [3.63, 3.8) is 0 Å². The van der Waals surface area contributed by atoms with Gasteiger partial charge < -0.3 is 15.0 Å². The van der Waals surface area contributed by atoms with Gasteiger partial charge in [0.25, 0.3) is 0 Å². The summed E-state index contributed by atoms with van der Waals surface area (Å²) in [6.07, 6.45) is 5.30. The Morgan fingerprint density at radius 3 is 3.05 bits per heavy atom. The van der Waals surface area contributed by atoms with E-state index in [1.165, 1.54) is 41.4 Å². The van der Waals surface area contributed by atoms with Crippen molar-refractivity contribution < 1.29 is 4.74 Å². The van der Waals surface area contributed by atoms with Crippen LogP contribution in [0.2, 0.25) is 0 Å². The Hall–Kier alpha value is -0.650. The quantitative estimate of drug-likeness (QED) is 0.819. The normalized spacial score (nSPS) is 20.1. The van der Waals surface area contributed by atoms with E-state index < -0.39 is 0 Å². The molecular formula is C15H27N3OS. The third-order valence-corrected chi connectivity index (χ3v) is 5.14. The van der Waals surface area contributed by atoms with Crippen LogP contribution in [0.5, 0.6) is 0 Å². The first-order chi connectivity index (χ1) is 9.72. The molecular weight excluding hydrogens is 270 g/mol. The van der Waals surface area contributed by atoms with Crippen LogP contribution in [0, 0.1) is 6.92 Å². The molecule has 0 saturated carbocycles. The van der Waals surface area contributed by atoms with Gasteiger partial charge in [-0.05, 0) is 26.7 Å². The molecule has 4 nitrogen and oxygen atoms in total. The highest BCUT2D eigenvalue weighted by Crippen LogP contribution is 2.30. The lowest BCUT2D eigenvalue weighted by molar-refractivity contribution is 0.199. The number of thiazole rings is 1. The van der Waals surface area contributed by atoms with E-state index in [1.54, 1.807) is 7.11 Å². The number of nitrogens with zero attached hydrogens (tertiary/aromatic N) is 2. The first-order valence-electron chi connectivity index (χ1n) is 7.65. The van der Waals surface area contributed by atoms with Crippen LogP contribution in [0.3, 0.4) is 0 Å². The van der Waals surface area contributed by atoms with Crippen molar-refractivity contribution in [2.45, 2.75) is 52.1 Å². The highest BCUT2D eigenvalue weighted by molar-refractivity contribution is 7.15. The molecule has 1 aliphatic heterocycles. The van der Waals surface area contributed by atoms with Gasteiger partial charge in [-0.2, -0.15) is 0 Å². The molecule has 1 N–H and O–H groups in total. The first-order valence-corrected chi connectivity index (χ1v) is 8.46. The SMILES string of the molecule is COCCNCc1sc(N2CCCCCC2C)nc1C. The van der Waals surface area contributed by atoms with Crippen LogP contribution in [0.1, 0.15) is 43.2 Å². The highest BCUT2D eigenvalue weighted by atomic mass is 32.1. The molecule has 1 aromatic heterocycles. The van der Waals surface area contributed by atoms with Crippen molar-refractivity contribution in [2.75, 3.05) is 31.7 Å². The van der Waals surface area contributed by atoms with Crippen LogP contribution < -0.4 is 10.2 Å². The molecule has 5 heteroatoms. The fraction of sp³-hybridized carbons (Fsp3) is 0.800. The summed E-state index contributed by atoms with van der Waals surface area (Å²) in [6, 6.07) is 0.623. The van der Waals surface area contributed by atoms with Gasteiger partial charge in [0.1, 0.15) is 0 Å². The number of aryl methyl sites for hydroxylation is 1.